The lowest BCUT2D eigenvalue weighted by molar-refractivity contribution is 0.0460. The van der Waals surface area contributed by atoms with Crippen molar-refractivity contribution >= 4 is 24.8 Å². The number of aliphatic hydroxyl groups is 1. The van der Waals surface area contributed by atoms with E-state index >= 15 is 0 Å². The van der Waals surface area contributed by atoms with Gasteiger partial charge in [0.15, 0.2) is 13.7 Å². The fourth-order valence-corrected chi connectivity index (χ4v) is 4.58. The van der Waals surface area contributed by atoms with Gasteiger partial charge < -0.3 is 15.0 Å². The summed E-state index contributed by atoms with van der Waals surface area (Å²) in [6.07, 6.45) is 3.77. The summed E-state index contributed by atoms with van der Waals surface area (Å²) in [6.45, 7) is 2.64. The van der Waals surface area contributed by atoms with Crippen molar-refractivity contribution in [1.29, 1.82) is 0 Å². The van der Waals surface area contributed by atoms with Gasteiger partial charge in [-0.1, -0.05) is 42.5 Å². The van der Waals surface area contributed by atoms with Gasteiger partial charge in [0.1, 0.15) is 5.62 Å². The van der Waals surface area contributed by atoms with Crippen LogP contribution in [-0.4, -0.2) is 52.4 Å². The van der Waals surface area contributed by atoms with E-state index in [1.165, 1.54) is 0 Å². The maximum Gasteiger partial charge on any atom is 0.289 e. The minimum Gasteiger partial charge on any atom is -0.380 e. The molecular weight excluding hydrogens is 375 g/mol. The van der Waals surface area contributed by atoms with Crippen LogP contribution in [0.5, 0.6) is 0 Å². The Morgan fingerprint density at radius 1 is 1.23 bits per heavy atom. The Kier molecular flexibility index (Phi) is 5.93. The third-order valence-electron chi connectivity index (χ3n) is 6.10. The third-order valence-corrected chi connectivity index (χ3v) is 6.10. The van der Waals surface area contributed by atoms with Crippen LogP contribution >= 0.6 is 0 Å². The molecule has 0 saturated heterocycles. The largest absolute Gasteiger partial charge is 0.380 e. The number of para-hydroxylation sites is 2. The molecule has 3 N–H and O–H groups in total. The summed E-state index contributed by atoms with van der Waals surface area (Å²) in [6, 6.07) is 17.6. The second-order valence-corrected chi connectivity index (χ2v) is 8.29. The molecule has 0 aliphatic heterocycles. The minimum absolute atomic E-state index is 0.0610. The van der Waals surface area contributed by atoms with Gasteiger partial charge in [0.2, 0.25) is 0 Å². The summed E-state index contributed by atoms with van der Waals surface area (Å²) in [4.78, 5) is 22.8. The Morgan fingerprint density at radius 2 is 1.97 bits per heavy atom. The van der Waals surface area contributed by atoms with E-state index in [0.717, 1.165) is 42.3 Å². The maximum atomic E-state index is 13.2. The van der Waals surface area contributed by atoms with E-state index in [4.69, 9.17) is 0 Å². The van der Waals surface area contributed by atoms with Crippen LogP contribution in [0.25, 0.3) is 11.0 Å². The summed E-state index contributed by atoms with van der Waals surface area (Å²) >= 11 is 0. The minimum atomic E-state index is -1.10. The molecule has 0 bridgehead atoms. The first-order valence-electron chi connectivity index (χ1n) is 10.8. The van der Waals surface area contributed by atoms with Crippen LogP contribution in [0.15, 0.2) is 54.6 Å². The van der Waals surface area contributed by atoms with Crippen molar-refractivity contribution in [2.45, 2.75) is 50.3 Å². The van der Waals surface area contributed by atoms with Crippen molar-refractivity contribution in [2.24, 2.45) is 0 Å². The van der Waals surface area contributed by atoms with Gasteiger partial charge in [-0.05, 0) is 50.3 Å². The number of carbonyl (C=O) groups excluding carboxylic acids is 1. The maximum absolute atomic E-state index is 13.2. The van der Waals surface area contributed by atoms with E-state index in [0.29, 0.717) is 12.4 Å². The van der Waals surface area contributed by atoms with Crippen LogP contribution in [0.1, 0.15) is 48.8 Å². The molecule has 1 aromatic heterocycles. The van der Waals surface area contributed by atoms with Gasteiger partial charge in [-0.25, -0.2) is 4.98 Å². The number of rotatable bonds is 6. The molecule has 1 heterocycles. The van der Waals surface area contributed by atoms with E-state index in [1.54, 1.807) is 7.85 Å². The zero-order valence-corrected chi connectivity index (χ0v) is 17.6. The molecule has 1 aliphatic carbocycles. The lowest BCUT2D eigenvalue weighted by Gasteiger charge is -2.40. The molecule has 0 radical (unpaired) electrons. The molecule has 1 aliphatic rings. The lowest BCUT2D eigenvalue weighted by atomic mass is 9.81. The fourth-order valence-electron chi connectivity index (χ4n) is 4.58. The van der Waals surface area contributed by atoms with E-state index in [-0.39, 0.29) is 18.0 Å². The number of aromatic amines is 1. The smallest absolute Gasteiger partial charge is 0.289 e. The van der Waals surface area contributed by atoms with E-state index in [2.05, 4.69) is 15.3 Å². The number of amides is 1. The monoisotopic (exact) mass is 404 g/mol. The number of hydrogen-bond donors (Lipinski definition) is 3. The summed E-state index contributed by atoms with van der Waals surface area (Å²) in [5.41, 5.74) is 1.42. The Balaban J connectivity index is 1.47. The fraction of sp³-hybridized carbons (Fsp3) is 0.391. The molecule has 3 atom stereocenters. The number of H-pyrrole nitrogens is 1. The van der Waals surface area contributed by atoms with E-state index in [9.17, 15) is 9.90 Å². The van der Waals surface area contributed by atoms with Crippen molar-refractivity contribution in [3.8, 4) is 0 Å². The Morgan fingerprint density at radius 3 is 2.70 bits per heavy atom. The Bertz CT molecular complexity index is 972. The van der Waals surface area contributed by atoms with Crippen LogP contribution in [0.4, 0.5) is 0 Å². The molecule has 4 rings (SSSR count). The Hall–Kier alpha value is -2.64. The van der Waals surface area contributed by atoms with Crippen molar-refractivity contribution in [3.05, 3.63) is 66.0 Å². The average molecular weight is 404 g/mol. The normalized spacial score (nSPS) is 21.3. The Labute approximate surface area is 178 Å². The van der Waals surface area contributed by atoms with E-state index < -0.39 is 5.62 Å². The zero-order valence-electron chi connectivity index (χ0n) is 17.6. The molecular formula is C23H29BN4O2. The number of nitrogens with one attached hydrogen (secondary N) is 2. The topological polar surface area (TPSA) is 81.2 Å². The highest BCUT2D eigenvalue weighted by Gasteiger charge is 2.33. The molecule has 156 valence electrons. The second-order valence-electron chi connectivity index (χ2n) is 8.29. The number of hydrogen-bond acceptors (Lipinski definition) is 4. The van der Waals surface area contributed by atoms with Gasteiger partial charge in [0, 0.05) is 18.6 Å². The molecule has 3 unspecified atom stereocenters. The number of benzene rings is 2. The standard InChI is InChI=1S/C23H29BN4O2/c1-2-28(22(29)21-25-19-13-6-7-14-20(19)26-21)18-12-8-11-17(15-18)27-23(24,30)16-9-4-3-5-10-16/h3-7,9-10,13-14,17-18,27,30H,2,8,11-12,15,24H2,1H3,(H,25,26). The highest BCUT2D eigenvalue weighted by Crippen LogP contribution is 2.27. The number of nitrogens with zero attached hydrogens (tertiary/aromatic N) is 2. The molecule has 2 aromatic carbocycles. The molecule has 1 amide bonds. The third kappa shape index (κ3) is 4.27. The van der Waals surface area contributed by atoms with Gasteiger partial charge in [-0.3, -0.25) is 10.1 Å². The lowest BCUT2D eigenvalue weighted by Crippen LogP contribution is -2.53. The first kappa shape index (κ1) is 20.6. The van der Waals surface area contributed by atoms with Crippen LogP contribution in [0, 0.1) is 0 Å². The summed E-state index contributed by atoms with van der Waals surface area (Å²) in [7, 11) is 1.79. The van der Waals surface area contributed by atoms with Gasteiger partial charge in [0.25, 0.3) is 5.91 Å². The molecule has 1 saturated carbocycles. The molecule has 0 spiro atoms. The van der Waals surface area contributed by atoms with E-state index in [1.807, 2.05) is 66.4 Å². The average Bonchev–Trinajstić information content (AvgIpc) is 3.19. The summed E-state index contributed by atoms with van der Waals surface area (Å²) in [5.74, 6) is 0.332. The highest BCUT2D eigenvalue weighted by molar-refractivity contribution is 6.14. The van der Waals surface area contributed by atoms with Crippen molar-refractivity contribution in [2.75, 3.05) is 6.54 Å². The van der Waals surface area contributed by atoms with Crippen LogP contribution in [0.2, 0.25) is 0 Å². The zero-order chi connectivity index (χ0) is 21.1. The van der Waals surface area contributed by atoms with Gasteiger partial charge in [0.05, 0.1) is 11.0 Å². The molecule has 6 nitrogen and oxygen atoms in total. The quantitative estimate of drug-likeness (QED) is 0.435. The van der Waals surface area contributed by atoms with Crippen LogP contribution in [-0.2, 0) is 5.62 Å². The highest BCUT2D eigenvalue weighted by atomic mass is 16.3. The molecule has 1 fully saturated rings. The number of carbonyl (C=O) groups is 1. The molecule has 7 heteroatoms. The van der Waals surface area contributed by atoms with Gasteiger partial charge in [-0.15, -0.1) is 0 Å². The predicted molar refractivity (Wildman–Crippen MR) is 121 cm³/mol. The number of imidazole rings is 1. The van der Waals surface area contributed by atoms with Crippen molar-refractivity contribution in [1.82, 2.24) is 20.2 Å². The molecule has 3 aromatic rings. The van der Waals surface area contributed by atoms with Crippen molar-refractivity contribution < 1.29 is 9.90 Å². The second kappa shape index (κ2) is 8.62. The van der Waals surface area contributed by atoms with Crippen molar-refractivity contribution in [3.63, 3.8) is 0 Å². The summed E-state index contributed by atoms with van der Waals surface area (Å²) in [5, 5.41) is 14.4. The summed E-state index contributed by atoms with van der Waals surface area (Å²) < 4.78 is 0. The first-order chi connectivity index (χ1) is 14.5. The van der Waals surface area contributed by atoms with Gasteiger partial charge in [-0.2, -0.15) is 0 Å². The first-order valence-corrected chi connectivity index (χ1v) is 10.8. The SMILES string of the molecule is BC(O)(NC1CCCC(N(CC)C(=O)c2nc3ccccc3[nH]2)C1)c1ccccc1. The number of aromatic nitrogens is 2. The van der Waals surface area contributed by atoms with Gasteiger partial charge >= 0.3 is 0 Å². The number of fused-ring (bicyclic) bond motifs is 1. The predicted octanol–water partition coefficient (Wildman–Crippen LogP) is 2.36. The van der Waals surface area contributed by atoms with Crippen LogP contribution in [0.3, 0.4) is 0 Å². The van der Waals surface area contributed by atoms with Crippen LogP contribution < -0.4 is 5.32 Å². The molecule has 30 heavy (non-hydrogen) atoms.